The van der Waals surface area contributed by atoms with E-state index in [0.29, 0.717) is 6.42 Å². The zero-order valence-electron chi connectivity index (χ0n) is 15.8. The number of ketones is 1. The van der Waals surface area contributed by atoms with Crippen molar-refractivity contribution in [1.82, 2.24) is 0 Å². The molecule has 1 fully saturated rings. The molecule has 3 rings (SSSR count). The largest absolute Gasteiger partial charge is 0.497 e. The Morgan fingerprint density at radius 3 is 2.56 bits per heavy atom. The van der Waals surface area contributed by atoms with Gasteiger partial charge in [0.15, 0.2) is 5.78 Å². The molecular weight excluding hydrogens is 315 g/mol. The van der Waals surface area contributed by atoms with E-state index in [0.717, 1.165) is 29.7 Å². The number of rotatable bonds is 4. The Hall–Kier alpha value is -1.59. The van der Waals surface area contributed by atoms with Crippen LogP contribution in [0.15, 0.2) is 30.3 Å². The topological polar surface area (TPSA) is 44.8 Å². The molecule has 134 valence electrons. The van der Waals surface area contributed by atoms with Crippen molar-refractivity contribution in [2.24, 2.45) is 5.92 Å². The highest BCUT2D eigenvalue weighted by Crippen LogP contribution is 2.37. The second kappa shape index (κ2) is 6.62. The van der Waals surface area contributed by atoms with Crippen LogP contribution in [0, 0.1) is 5.92 Å². The highest BCUT2D eigenvalue weighted by Gasteiger charge is 2.50. The van der Waals surface area contributed by atoms with Gasteiger partial charge in [-0.2, -0.15) is 0 Å². The van der Waals surface area contributed by atoms with E-state index < -0.39 is 0 Å². The summed E-state index contributed by atoms with van der Waals surface area (Å²) in [5.74, 6) is 3.00. The average molecular weight is 342 g/mol. The fourth-order valence-electron chi connectivity index (χ4n) is 3.37. The molecule has 25 heavy (non-hydrogen) atoms. The summed E-state index contributed by atoms with van der Waals surface area (Å²) >= 11 is 0. The van der Waals surface area contributed by atoms with Crippen molar-refractivity contribution in [3.05, 3.63) is 41.4 Å². The summed E-state index contributed by atoms with van der Waals surface area (Å²) in [4.78, 5) is 12.7. The minimum absolute atomic E-state index is 0.0274. The first-order valence-electron chi connectivity index (χ1n) is 8.97. The van der Waals surface area contributed by atoms with Gasteiger partial charge in [-0.05, 0) is 70.7 Å². The van der Waals surface area contributed by atoms with Gasteiger partial charge < -0.3 is 14.0 Å². The average Bonchev–Trinajstić information content (AvgIpc) is 2.76. The molecule has 0 spiro atoms. The van der Waals surface area contributed by atoms with Crippen LogP contribution in [0.5, 0.6) is 5.75 Å². The molecule has 1 atom stereocenters. The molecule has 1 aliphatic carbocycles. The fraction of sp³-hybridized carbons (Fsp3) is 0.550. The maximum Gasteiger partial charge on any atom is 0.486 e. The second-order valence-corrected chi connectivity index (χ2v) is 7.91. The van der Waals surface area contributed by atoms with Crippen LogP contribution in [0.4, 0.5) is 0 Å². The Labute approximate surface area is 150 Å². The minimum atomic E-state index is -0.347. The van der Waals surface area contributed by atoms with E-state index >= 15 is 0 Å². The first kappa shape index (κ1) is 18.2. The Kier molecular flexibility index (Phi) is 4.82. The monoisotopic (exact) mass is 342 g/mol. The summed E-state index contributed by atoms with van der Waals surface area (Å²) in [5, 5.41) is 0. The normalized spacial score (nSPS) is 24.6. The lowest BCUT2D eigenvalue weighted by atomic mass is 9.80. The van der Waals surface area contributed by atoms with E-state index in [9.17, 15) is 4.79 Å². The van der Waals surface area contributed by atoms with Crippen LogP contribution in [0.25, 0.3) is 0 Å². The van der Waals surface area contributed by atoms with E-state index in [2.05, 4.69) is 0 Å². The minimum Gasteiger partial charge on any atom is -0.497 e. The molecule has 0 aromatic heterocycles. The number of ether oxygens (including phenoxy) is 1. The van der Waals surface area contributed by atoms with Gasteiger partial charge in [-0.25, -0.2) is 0 Å². The Morgan fingerprint density at radius 1 is 1.24 bits per heavy atom. The predicted octanol–water partition coefficient (Wildman–Crippen LogP) is 4.02. The van der Waals surface area contributed by atoms with Gasteiger partial charge in [0.25, 0.3) is 0 Å². The van der Waals surface area contributed by atoms with Gasteiger partial charge in [0.05, 0.1) is 18.3 Å². The summed E-state index contributed by atoms with van der Waals surface area (Å²) in [7, 11) is 1.30. The third-order valence-electron chi connectivity index (χ3n) is 5.70. The van der Waals surface area contributed by atoms with Gasteiger partial charge in [-0.1, -0.05) is 12.1 Å². The fourth-order valence-corrected chi connectivity index (χ4v) is 3.37. The lowest BCUT2D eigenvalue weighted by Gasteiger charge is -2.32. The Balaban J connectivity index is 1.62. The van der Waals surface area contributed by atoms with Crippen molar-refractivity contribution in [3.63, 3.8) is 0 Å². The van der Waals surface area contributed by atoms with Crippen LogP contribution < -0.4 is 4.74 Å². The lowest BCUT2D eigenvalue weighted by molar-refractivity contribution is 0.00578. The maximum absolute atomic E-state index is 12.7. The SMILES string of the molecule is COc1ccc2c(c1)CCC(C/C=C/B1OC(C)(C)C(C)(C)O1)C2=O. The van der Waals surface area contributed by atoms with E-state index in [1.165, 1.54) is 0 Å². The Morgan fingerprint density at radius 2 is 1.92 bits per heavy atom. The highest BCUT2D eigenvalue weighted by atomic mass is 16.7. The predicted molar refractivity (Wildman–Crippen MR) is 99.0 cm³/mol. The Bertz CT molecular complexity index is 677. The van der Waals surface area contributed by atoms with Gasteiger partial charge in [-0.3, -0.25) is 4.79 Å². The standard InChI is InChI=1S/C20H27BO4/c1-19(2)20(3,4)25-21(24-19)12-6-7-14-8-9-15-13-16(23-5)10-11-17(15)18(14)22/h6,10-14H,7-9H2,1-5H3/b12-6+. The molecule has 4 nitrogen and oxygen atoms in total. The zero-order valence-corrected chi connectivity index (χ0v) is 15.8. The number of allylic oxidation sites excluding steroid dienone is 1. The van der Waals surface area contributed by atoms with Gasteiger partial charge in [0.2, 0.25) is 0 Å². The maximum atomic E-state index is 12.7. The molecule has 0 N–H and O–H groups in total. The van der Waals surface area contributed by atoms with Crippen molar-refractivity contribution in [3.8, 4) is 5.75 Å². The number of fused-ring (bicyclic) bond motifs is 1. The summed E-state index contributed by atoms with van der Waals surface area (Å²) in [6.45, 7) is 8.15. The van der Waals surface area contributed by atoms with Gasteiger partial charge in [-0.15, -0.1) is 0 Å². The van der Waals surface area contributed by atoms with E-state index in [4.69, 9.17) is 14.0 Å². The smallest absolute Gasteiger partial charge is 0.486 e. The number of benzene rings is 1. The molecule has 0 saturated carbocycles. The molecule has 2 aliphatic rings. The van der Waals surface area contributed by atoms with E-state index in [-0.39, 0.29) is 30.0 Å². The molecule has 0 bridgehead atoms. The number of hydrogen-bond acceptors (Lipinski definition) is 4. The van der Waals surface area contributed by atoms with Crippen molar-refractivity contribution in [2.45, 2.75) is 58.2 Å². The van der Waals surface area contributed by atoms with Crippen molar-refractivity contribution >= 4 is 12.9 Å². The molecule has 1 unspecified atom stereocenters. The molecule has 1 saturated heterocycles. The molecule has 1 aromatic carbocycles. The first-order chi connectivity index (χ1) is 11.7. The van der Waals surface area contributed by atoms with Crippen LogP contribution in [0.2, 0.25) is 0 Å². The molecule has 1 aliphatic heterocycles. The molecule has 5 heteroatoms. The molecular formula is C20H27BO4. The summed E-state index contributed by atoms with van der Waals surface area (Å²) < 4.78 is 17.2. The zero-order chi connectivity index (χ0) is 18.2. The number of aryl methyl sites for hydroxylation is 1. The van der Waals surface area contributed by atoms with E-state index in [1.54, 1.807) is 7.11 Å². The third-order valence-corrected chi connectivity index (χ3v) is 5.70. The van der Waals surface area contributed by atoms with Gasteiger partial charge >= 0.3 is 7.12 Å². The summed E-state index contributed by atoms with van der Waals surface area (Å²) in [6.07, 6.45) is 4.52. The summed E-state index contributed by atoms with van der Waals surface area (Å²) in [5.41, 5.74) is 1.26. The van der Waals surface area contributed by atoms with Crippen molar-refractivity contribution in [1.29, 1.82) is 0 Å². The quantitative estimate of drug-likeness (QED) is 0.776. The highest BCUT2D eigenvalue weighted by molar-refractivity contribution is 6.51. The molecule has 1 aromatic rings. The number of carbonyl (C=O) groups is 1. The van der Waals surface area contributed by atoms with Crippen LogP contribution in [-0.2, 0) is 15.7 Å². The molecule has 0 radical (unpaired) electrons. The molecule has 1 heterocycles. The van der Waals surface area contributed by atoms with Crippen molar-refractivity contribution < 1.29 is 18.8 Å². The van der Waals surface area contributed by atoms with Crippen LogP contribution >= 0.6 is 0 Å². The van der Waals surface area contributed by atoms with Crippen LogP contribution in [-0.4, -0.2) is 31.2 Å². The third kappa shape index (κ3) is 3.53. The number of methoxy groups -OCH3 is 1. The number of carbonyl (C=O) groups excluding carboxylic acids is 1. The second-order valence-electron chi connectivity index (χ2n) is 7.91. The first-order valence-corrected chi connectivity index (χ1v) is 8.97. The van der Waals surface area contributed by atoms with Crippen LogP contribution in [0.1, 0.15) is 56.5 Å². The van der Waals surface area contributed by atoms with Gasteiger partial charge in [0, 0.05) is 11.5 Å². The van der Waals surface area contributed by atoms with Crippen LogP contribution in [0.3, 0.4) is 0 Å². The lowest BCUT2D eigenvalue weighted by Crippen LogP contribution is -2.41. The van der Waals surface area contributed by atoms with Crippen molar-refractivity contribution in [2.75, 3.05) is 7.11 Å². The number of hydrogen-bond donors (Lipinski definition) is 0. The molecule has 0 amide bonds. The summed E-state index contributed by atoms with van der Waals surface area (Å²) in [6, 6.07) is 5.73. The number of Topliss-reactive ketones (excluding diaryl/α,β-unsaturated/α-hetero) is 1. The van der Waals surface area contributed by atoms with Gasteiger partial charge in [0.1, 0.15) is 5.75 Å². The van der Waals surface area contributed by atoms with E-state index in [1.807, 2.05) is 57.9 Å².